The van der Waals surface area contributed by atoms with Crippen LogP contribution >= 0.6 is 0 Å². The minimum absolute atomic E-state index is 0.108. The number of carbonyl (C=O) groups is 1. The highest BCUT2D eigenvalue weighted by Crippen LogP contribution is 2.28. The lowest BCUT2D eigenvalue weighted by Crippen LogP contribution is -2.43. The Hall–Kier alpha value is -2.57. The topological polar surface area (TPSA) is 60.0 Å². The van der Waals surface area contributed by atoms with Gasteiger partial charge in [-0.05, 0) is 30.2 Å². The molecule has 1 atom stereocenters. The molecule has 2 aromatic carbocycles. The Morgan fingerprint density at radius 3 is 2.60 bits per heavy atom. The first kappa shape index (κ1) is 22.1. The van der Waals surface area contributed by atoms with Gasteiger partial charge in [0.2, 0.25) is 0 Å². The SMILES string of the molecule is CCCCOc1ccc(C(=O)N[C@@H](CN2CCOCC2)c2ccccc2)cc1OC. The van der Waals surface area contributed by atoms with Crippen molar-refractivity contribution in [1.82, 2.24) is 10.2 Å². The maximum atomic E-state index is 13.1. The van der Waals surface area contributed by atoms with E-state index in [1.54, 1.807) is 19.2 Å². The number of benzene rings is 2. The van der Waals surface area contributed by atoms with Crippen LogP contribution in [0.2, 0.25) is 0 Å². The molecule has 0 aliphatic carbocycles. The van der Waals surface area contributed by atoms with Crippen LogP contribution in [0.4, 0.5) is 0 Å². The van der Waals surface area contributed by atoms with E-state index in [-0.39, 0.29) is 11.9 Å². The summed E-state index contributed by atoms with van der Waals surface area (Å²) in [5.74, 6) is 1.11. The third kappa shape index (κ3) is 6.21. The molecule has 1 heterocycles. The van der Waals surface area contributed by atoms with Crippen molar-refractivity contribution in [2.24, 2.45) is 0 Å². The van der Waals surface area contributed by atoms with Crippen molar-refractivity contribution in [1.29, 1.82) is 0 Å². The molecule has 1 amide bonds. The molecule has 1 fully saturated rings. The molecule has 1 N–H and O–H groups in total. The van der Waals surface area contributed by atoms with Crippen molar-refractivity contribution in [3.05, 3.63) is 59.7 Å². The zero-order valence-electron chi connectivity index (χ0n) is 17.9. The molecule has 0 unspecified atom stereocenters. The first-order valence-electron chi connectivity index (χ1n) is 10.7. The van der Waals surface area contributed by atoms with Crippen LogP contribution in [-0.2, 0) is 4.74 Å². The third-order valence-electron chi connectivity index (χ3n) is 5.23. The van der Waals surface area contributed by atoms with Gasteiger partial charge in [-0.1, -0.05) is 43.7 Å². The first-order valence-corrected chi connectivity index (χ1v) is 10.7. The van der Waals surface area contributed by atoms with Gasteiger partial charge in [-0.25, -0.2) is 0 Å². The van der Waals surface area contributed by atoms with Gasteiger partial charge in [0.05, 0.1) is 33.0 Å². The average Bonchev–Trinajstić information content (AvgIpc) is 2.80. The summed E-state index contributed by atoms with van der Waals surface area (Å²) in [6.07, 6.45) is 2.04. The fourth-order valence-corrected chi connectivity index (χ4v) is 3.46. The summed E-state index contributed by atoms with van der Waals surface area (Å²) in [5, 5.41) is 3.20. The van der Waals surface area contributed by atoms with E-state index in [1.807, 2.05) is 24.3 Å². The molecule has 1 aliphatic heterocycles. The van der Waals surface area contributed by atoms with Crippen LogP contribution in [0.5, 0.6) is 11.5 Å². The number of morpholine rings is 1. The Balaban J connectivity index is 1.72. The van der Waals surface area contributed by atoms with Crippen LogP contribution in [0.25, 0.3) is 0 Å². The number of methoxy groups -OCH3 is 1. The average molecular weight is 413 g/mol. The highest BCUT2D eigenvalue weighted by molar-refractivity contribution is 5.95. The molecule has 30 heavy (non-hydrogen) atoms. The van der Waals surface area contributed by atoms with Gasteiger partial charge < -0.3 is 19.5 Å². The number of ether oxygens (including phenoxy) is 3. The van der Waals surface area contributed by atoms with Crippen molar-refractivity contribution < 1.29 is 19.0 Å². The predicted molar refractivity (Wildman–Crippen MR) is 117 cm³/mol. The molecule has 6 heteroatoms. The summed E-state index contributed by atoms with van der Waals surface area (Å²) in [4.78, 5) is 15.4. The summed E-state index contributed by atoms with van der Waals surface area (Å²) >= 11 is 0. The van der Waals surface area contributed by atoms with Crippen LogP contribution in [0.3, 0.4) is 0 Å². The second-order valence-corrected chi connectivity index (χ2v) is 7.42. The molecule has 6 nitrogen and oxygen atoms in total. The summed E-state index contributed by atoms with van der Waals surface area (Å²) in [5.41, 5.74) is 1.64. The summed E-state index contributed by atoms with van der Waals surface area (Å²) in [6.45, 7) is 6.70. The fourth-order valence-electron chi connectivity index (χ4n) is 3.46. The lowest BCUT2D eigenvalue weighted by Gasteiger charge is -2.31. The summed E-state index contributed by atoms with van der Waals surface area (Å²) in [6, 6.07) is 15.3. The zero-order chi connectivity index (χ0) is 21.2. The number of rotatable bonds is 10. The molecule has 0 aromatic heterocycles. The van der Waals surface area contributed by atoms with Crippen LogP contribution in [-0.4, -0.2) is 57.4 Å². The Morgan fingerprint density at radius 1 is 1.13 bits per heavy atom. The van der Waals surface area contributed by atoms with Crippen molar-refractivity contribution in [2.75, 3.05) is 46.6 Å². The molecule has 0 bridgehead atoms. The zero-order valence-corrected chi connectivity index (χ0v) is 17.9. The van der Waals surface area contributed by atoms with Gasteiger partial charge in [-0.3, -0.25) is 9.69 Å². The number of hydrogen-bond donors (Lipinski definition) is 1. The predicted octanol–water partition coefficient (Wildman–Crippen LogP) is 3.68. The monoisotopic (exact) mass is 412 g/mol. The molecule has 0 spiro atoms. The van der Waals surface area contributed by atoms with Crippen LogP contribution in [0.15, 0.2) is 48.5 Å². The van der Waals surface area contributed by atoms with E-state index >= 15 is 0 Å². The van der Waals surface area contributed by atoms with Crippen LogP contribution < -0.4 is 14.8 Å². The molecule has 162 valence electrons. The van der Waals surface area contributed by atoms with Crippen molar-refractivity contribution in [2.45, 2.75) is 25.8 Å². The number of hydrogen-bond acceptors (Lipinski definition) is 5. The van der Waals surface area contributed by atoms with E-state index < -0.39 is 0 Å². The Bertz CT molecular complexity index is 791. The molecule has 1 aliphatic rings. The van der Waals surface area contributed by atoms with Crippen LogP contribution in [0, 0.1) is 0 Å². The standard InChI is InChI=1S/C24H32N2O4/c1-3-4-14-30-22-11-10-20(17-23(22)28-2)24(27)25-21(19-8-6-5-7-9-19)18-26-12-15-29-16-13-26/h5-11,17,21H,3-4,12-16,18H2,1-2H3,(H,25,27)/t21-/m0/s1. The minimum atomic E-state index is -0.129. The molecule has 0 radical (unpaired) electrons. The molecule has 3 rings (SSSR count). The third-order valence-corrected chi connectivity index (χ3v) is 5.23. The maximum absolute atomic E-state index is 13.1. The Kier molecular flexibility index (Phi) is 8.53. The molecule has 0 saturated carbocycles. The first-order chi connectivity index (χ1) is 14.7. The second kappa shape index (κ2) is 11.6. The van der Waals surface area contributed by atoms with Crippen LogP contribution in [0.1, 0.15) is 41.7 Å². The Labute approximate surface area is 179 Å². The molecular weight excluding hydrogens is 380 g/mol. The number of carbonyl (C=O) groups excluding carboxylic acids is 1. The van der Waals surface area contributed by atoms with Gasteiger partial charge in [0.15, 0.2) is 11.5 Å². The summed E-state index contributed by atoms with van der Waals surface area (Å²) < 4.78 is 16.7. The van der Waals surface area contributed by atoms with Crippen molar-refractivity contribution >= 4 is 5.91 Å². The maximum Gasteiger partial charge on any atom is 0.251 e. The summed E-state index contributed by atoms with van der Waals surface area (Å²) in [7, 11) is 1.59. The largest absolute Gasteiger partial charge is 0.493 e. The van der Waals surface area contributed by atoms with E-state index in [1.165, 1.54) is 0 Å². The Morgan fingerprint density at radius 2 is 1.90 bits per heavy atom. The normalized spacial score (nSPS) is 15.4. The second-order valence-electron chi connectivity index (χ2n) is 7.42. The number of unbranched alkanes of at least 4 members (excludes halogenated alkanes) is 1. The highest BCUT2D eigenvalue weighted by atomic mass is 16.5. The lowest BCUT2D eigenvalue weighted by atomic mass is 10.0. The van der Waals surface area contributed by atoms with Gasteiger partial charge >= 0.3 is 0 Å². The quantitative estimate of drug-likeness (QED) is 0.604. The molecule has 1 saturated heterocycles. The van der Waals surface area contributed by atoms with Gasteiger partial charge in [0.1, 0.15) is 0 Å². The van der Waals surface area contributed by atoms with Gasteiger partial charge in [0, 0.05) is 25.2 Å². The van der Waals surface area contributed by atoms with Crippen molar-refractivity contribution in [3.8, 4) is 11.5 Å². The number of amides is 1. The fraction of sp³-hybridized carbons (Fsp3) is 0.458. The number of nitrogens with one attached hydrogen (secondary N) is 1. The molecule has 2 aromatic rings. The number of nitrogens with zero attached hydrogens (tertiary/aromatic N) is 1. The van der Waals surface area contributed by atoms with E-state index in [9.17, 15) is 4.79 Å². The van der Waals surface area contributed by atoms with E-state index in [0.29, 0.717) is 23.7 Å². The van der Waals surface area contributed by atoms with E-state index in [2.05, 4.69) is 29.3 Å². The van der Waals surface area contributed by atoms with E-state index in [0.717, 1.165) is 51.3 Å². The molecular formula is C24H32N2O4. The van der Waals surface area contributed by atoms with E-state index in [4.69, 9.17) is 14.2 Å². The minimum Gasteiger partial charge on any atom is -0.493 e. The smallest absolute Gasteiger partial charge is 0.251 e. The van der Waals surface area contributed by atoms with Gasteiger partial charge in [-0.2, -0.15) is 0 Å². The van der Waals surface area contributed by atoms with Gasteiger partial charge in [0.25, 0.3) is 5.91 Å². The highest BCUT2D eigenvalue weighted by Gasteiger charge is 2.21. The van der Waals surface area contributed by atoms with Crippen molar-refractivity contribution in [3.63, 3.8) is 0 Å². The van der Waals surface area contributed by atoms with Gasteiger partial charge in [-0.15, -0.1) is 0 Å². The lowest BCUT2D eigenvalue weighted by molar-refractivity contribution is 0.0332.